The largest absolute Gasteiger partial charge is 0.456 e. The Hall–Kier alpha value is -0.940. The highest BCUT2D eigenvalue weighted by Gasteiger charge is 2.56. The SMILES string of the molecule is CCCCSCc1cc(C(=O)N2[C@H]3CC[C@@H]2[C@](CC)(CO)C3)oc1C. The number of aliphatic hydroxyl groups excluding tert-OH is 1. The first kappa shape index (κ1) is 18.8. The van der Waals surface area contributed by atoms with Crippen LogP contribution in [0.15, 0.2) is 10.5 Å². The van der Waals surface area contributed by atoms with Crippen molar-refractivity contribution in [3.8, 4) is 0 Å². The second-order valence-corrected chi connectivity index (χ2v) is 8.74. The van der Waals surface area contributed by atoms with Gasteiger partial charge in [-0.15, -0.1) is 0 Å². The van der Waals surface area contributed by atoms with Gasteiger partial charge in [-0.05, 0) is 50.8 Å². The summed E-state index contributed by atoms with van der Waals surface area (Å²) in [7, 11) is 0. The maximum Gasteiger partial charge on any atom is 0.290 e. The molecule has 0 radical (unpaired) electrons. The van der Waals surface area contributed by atoms with Crippen molar-refractivity contribution in [2.45, 2.75) is 77.1 Å². The summed E-state index contributed by atoms with van der Waals surface area (Å²) in [4.78, 5) is 15.1. The second kappa shape index (κ2) is 7.75. The molecule has 3 heterocycles. The lowest BCUT2D eigenvalue weighted by atomic mass is 9.72. The predicted molar refractivity (Wildman–Crippen MR) is 102 cm³/mol. The van der Waals surface area contributed by atoms with Gasteiger partial charge in [-0.1, -0.05) is 20.3 Å². The van der Waals surface area contributed by atoms with Gasteiger partial charge in [0.25, 0.3) is 5.91 Å². The maximum atomic E-state index is 13.1. The Kier molecular flexibility index (Phi) is 5.84. The maximum absolute atomic E-state index is 13.1. The molecule has 3 atom stereocenters. The van der Waals surface area contributed by atoms with E-state index < -0.39 is 0 Å². The molecule has 2 saturated heterocycles. The van der Waals surface area contributed by atoms with Gasteiger partial charge in [-0.2, -0.15) is 11.8 Å². The topological polar surface area (TPSA) is 53.7 Å². The summed E-state index contributed by atoms with van der Waals surface area (Å²) in [5.74, 6) is 3.42. The van der Waals surface area contributed by atoms with Crippen LogP contribution in [-0.2, 0) is 5.75 Å². The lowest BCUT2D eigenvalue weighted by Crippen LogP contribution is -2.42. The Morgan fingerprint density at radius 1 is 1.44 bits per heavy atom. The molecule has 0 aliphatic carbocycles. The summed E-state index contributed by atoms with van der Waals surface area (Å²) in [5, 5.41) is 9.93. The van der Waals surface area contributed by atoms with E-state index >= 15 is 0 Å². The zero-order valence-corrected chi connectivity index (χ0v) is 16.5. The van der Waals surface area contributed by atoms with Crippen LogP contribution in [0.1, 0.15) is 74.3 Å². The van der Waals surface area contributed by atoms with Gasteiger partial charge in [-0.25, -0.2) is 0 Å². The number of unbranched alkanes of at least 4 members (excludes halogenated alkanes) is 1. The van der Waals surface area contributed by atoms with Crippen molar-refractivity contribution in [3.05, 3.63) is 23.2 Å². The van der Waals surface area contributed by atoms with Gasteiger partial charge in [0.2, 0.25) is 0 Å². The second-order valence-electron chi connectivity index (χ2n) is 7.64. The van der Waals surface area contributed by atoms with E-state index in [0.29, 0.717) is 5.76 Å². The van der Waals surface area contributed by atoms with E-state index in [-0.39, 0.29) is 30.0 Å². The fourth-order valence-electron chi connectivity index (χ4n) is 4.58. The van der Waals surface area contributed by atoms with Gasteiger partial charge >= 0.3 is 0 Å². The Bertz CT molecular complexity index is 608. The van der Waals surface area contributed by atoms with E-state index in [4.69, 9.17) is 4.42 Å². The summed E-state index contributed by atoms with van der Waals surface area (Å²) >= 11 is 1.90. The number of carbonyl (C=O) groups is 1. The van der Waals surface area contributed by atoms with E-state index in [1.807, 2.05) is 29.7 Å². The Morgan fingerprint density at radius 3 is 2.88 bits per heavy atom. The van der Waals surface area contributed by atoms with Crippen molar-refractivity contribution in [2.75, 3.05) is 12.4 Å². The third kappa shape index (κ3) is 3.37. The van der Waals surface area contributed by atoms with Crippen LogP contribution >= 0.6 is 11.8 Å². The van der Waals surface area contributed by atoms with Gasteiger partial charge < -0.3 is 14.4 Å². The van der Waals surface area contributed by atoms with E-state index in [1.165, 1.54) is 12.8 Å². The van der Waals surface area contributed by atoms with Crippen molar-refractivity contribution < 1.29 is 14.3 Å². The van der Waals surface area contributed by atoms with Crippen LogP contribution in [0.2, 0.25) is 0 Å². The number of carbonyl (C=O) groups excluding carboxylic acids is 1. The number of furan rings is 1. The first-order chi connectivity index (χ1) is 12.1. The number of rotatable bonds is 8. The molecule has 1 aromatic heterocycles. The van der Waals surface area contributed by atoms with Gasteiger partial charge in [0, 0.05) is 28.8 Å². The molecule has 0 saturated carbocycles. The molecule has 0 aromatic carbocycles. The highest BCUT2D eigenvalue weighted by atomic mass is 32.2. The number of amides is 1. The van der Waals surface area contributed by atoms with Crippen molar-refractivity contribution in [2.24, 2.45) is 5.41 Å². The molecule has 2 fully saturated rings. The van der Waals surface area contributed by atoms with Crippen LogP contribution < -0.4 is 0 Å². The fraction of sp³-hybridized carbons (Fsp3) is 0.750. The molecule has 1 N–H and O–H groups in total. The lowest BCUT2D eigenvalue weighted by molar-refractivity contribution is 0.0533. The zero-order chi connectivity index (χ0) is 18.0. The lowest BCUT2D eigenvalue weighted by Gasteiger charge is -2.34. The number of aryl methyl sites for hydroxylation is 1. The standard InChI is InChI=1S/C20H31NO3S/c1-4-6-9-25-12-15-10-17(24-14(15)3)19(23)21-16-7-8-18(21)20(5-2,11-16)13-22/h10,16,18,22H,4-9,11-13H2,1-3H3/t16-,18+,20-/m0/s1. The molecule has 3 rings (SSSR count). The predicted octanol–water partition coefficient (Wildman–Crippen LogP) is 4.39. The van der Waals surface area contributed by atoms with Crippen LogP contribution in [0.3, 0.4) is 0 Å². The summed E-state index contributed by atoms with van der Waals surface area (Å²) in [6.07, 6.45) is 6.34. The van der Waals surface area contributed by atoms with Crippen LogP contribution in [-0.4, -0.2) is 40.4 Å². The van der Waals surface area contributed by atoms with Crippen molar-refractivity contribution >= 4 is 17.7 Å². The molecule has 0 spiro atoms. The number of hydrogen-bond donors (Lipinski definition) is 1. The van der Waals surface area contributed by atoms with Gasteiger partial charge in [-0.3, -0.25) is 4.79 Å². The molecule has 2 bridgehead atoms. The average Bonchev–Trinajstić information content (AvgIpc) is 3.29. The van der Waals surface area contributed by atoms with Gasteiger partial charge in [0.1, 0.15) is 5.76 Å². The molecule has 2 aliphatic rings. The third-order valence-electron chi connectivity index (χ3n) is 6.24. The molecule has 5 heteroatoms. The highest BCUT2D eigenvalue weighted by Crippen LogP contribution is 2.51. The quantitative estimate of drug-likeness (QED) is 0.694. The molecule has 0 unspecified atom stereocenters. The average molecular weight is 366 g/mol. The first-order valence-corrected chi connectivity index (χ1v) is 10.8. The number of hydrogen-bond acceptors (Lipinski definition) is 4. The van der Waals surface area contributed by atoms with Crippen LogP contribution in [0, 0.1) is 12.3 Å². The Morgan fingerprint density at radius 2 is 2.24 bits per heavy atom. The summed E-state index contributed by atoms with van der Waals surface area (Å²) in [5.41, 5.74) is 1.03. The molecular formula is C20H31NO3S. The minimum Gasteiger partial charge on any atom is -0.456 e. The number of nitrogens with zero attached hydrogens (tertiary/aromatic N) is 1. The minimum absolute atomic E-state index is 0.0178. The van der Waals surface area contributed by atoms with Gasteiger partial charge in [0.05, 0.1) is 6.61 Å². The Balaban J connectivity index is 1.72. The molecule has 1 amide bonds. The highest BCUT2D eigenvalue weighted by molar-refractivity contribution is 7.98. The fourth-order valence-corrected chi connectivity index (χ4v) is 5.73. The van der Waals surface area contributed by atoms with E-state index in [1.54, 1.807) is 0 Å². The molecular weight excluding hydrogens is 334 g/mol. The van der Waals surface area contributed by atoms with Crippen LogP contribution in [0.25, 0.3) is 0 Å². The molecule has 25 heavy (non-hydrogen) atoms. The minimum atomic E-state index is -0.112. The summed E-state index contributed by atoms with van der Waals surface area (Å²) in [6.45, 7) is 6.45. The molecule has 140 valence electrons. The normalized spacial score (nSPS) is 28.1. The summed E-state index contributed by atoms with van der Waals surface area (Å²) < 4.78 is 5.84. The van der Waals surface area contributed by atoms with Crippen LogP contribution in [0.4, 0.5) is 0 Å². The van der Waals surface area contributed by atoms with Crippen molar-refractivity contribution in [1.82, 2.24) is 4.90 Å². The zero-order valence-electron chi connectivity index (χ0n) is 15.7. The smallest absolute Gasteiger partial charge is 0.290 e. The monoisotopic (exact) mass is 365 g/mol. The summed E-state index contributed by atoms with van der Waals surface area (Å²) in [6, 6.07) is 2.37. The van der Waals surface area contributed by atoms with E-state index in [9.17, 15) is 9.90 Å². The van der Waals surface area contributed by atoms with E-state index in [2.05, 4.69) is 13.8 Å². The molecule has 4 nitrogen and oxygen atoms in total. The van der Waals surface area contributed by atoms with Crippen molar-refractivity contribution in [1.29, 1.82) is 0 Å². The van der Waals surface area contributed by atoms with Crippen molar-refractivity contribution in [3.63, 3.8) is 0 Å². The number of aliphatic hydroxyl groups is 1. The Labute approximate surface area is 155 Å². The van der Waals surface area contributed by atoms with E-state index in [0.717, 1.165) is 48.5 Å². The van der Waals surface area contributed by atoms with Crippen LogP contribution in [0.5, 0.6) is 0 Å². The number of thioether (sulfide) groups is 1. The first-order valence-electron chi connectivity index (χ1n) is 9.67. The van der Waals surface area contributed by atoms with Gasteiger partial charge in [0.15, 0.2) is 5.76 Å². The molecule has 1 aromatic rings. The molecule has 2 aliphatic heterocycles. The number of fused-ring (bicyclic) bond motifs is 2. The third-order valence-corrected chi connectivity index (χ3v) is 7.33.